The van der Waals surface area contributed by atoms with Crippen molar-refractivity contribution >= 4 is 43.3 Å². The van der Waals surface area contributed by atoms with Gasteiger partial charge in [-0.05, 0) is 70.5 Å². The molecule has 1 aliphatic heterocycles. The summed E-state index contributed by atoms with van der Waals surface area (Å²) in [6, 6.07) is 8.14. The molecule has 6 heterocycles. The van der Waals surface area contributed by atoms with E-state index in [1.807, 2.05) is 13.8 Å². The largest absolute Gasteiger partial charge is 0.491 e. The van der Waals surface area contributed by atoms with Crippen LogP contribution in [0.2, 0.25) is 0 Å². The molecular weight excluding hydrogens is 779 g/mol. The number of nitrogens with zero attached hydrogens (tertiary/aromatic N) is 9. The van der Waals surface area contributed by atoms with Crippen molar-refractivity contribution in [3.8, 4) is 22.8 Å². The number of rotatable bonds is 15. The zero-order valence-corrected chi connectivity index (χ0v) is 34.6. The third-order valence-corrected chi connectivity index (χ3v) is 11.5. The van der Waals surface area contributed by atoms with Crippen LogP contribution in [-0.2, 0) is 33.4 Å². The second-order valence-corrected chi connectivity index (χ2v) is 17.3. The number of hydrogen-bond donors (Lipinski definition) is 2. The van der Waals surface area contributed by atoms with Crippen molar-refractivity contribution < 1.29 is 22.6 Å². The lowest BCUT2D eigenvalue weighted by Crippen LogP contribution is -2.25. The fraction of sp³-hybridized carbons (Fsp3) is 0.425. The first-order valence-electron chi connectivity index (χ1n) is 19.5. The Kier molecular flexibility index (Phi) is 10.9. The topological polar surface area (TPSA) is 203 Å². The Bertz CT molecular complexity index is 2780. The molecule has 5 aromatic heterocycles. The van der Waals surface area contributed by atoms with E-state index in [0.29, 0.717) is 63.9 Å². The number of anilines is 2. The molecule has 18 nitrogen and oxygen atoms in total. The molecule has 0 spiro atoms. The fourth-order valence-electron chi connectivity index (χ4n) is 7.20. The lowest BCUT2D eigenvalue weighted by atomic mass is 10.1. The molecule has 3 unspecified atom stereocenters. The van der Waals surface area contributed by atoms with Gasteiger partial charge < -0.3 is 34.0 Å². The molecule has 6 aromatic rings. The summed E-state index contributed by atoms with van der Waals surface area (Å²) in [7, 11) is 1.11. The summed E-state index contributed by atoms with van der Waals surface area (Å²) in [4.78, 5) is 52.0. The van der Waals surface area contributed by atoms with E-state index in [2.05, 4.69) is 30.5 Å². The summed E-state index contributed by atoms with van der Waals surface area (Å²) in [5.74, 6) is 1.49. The van der Waals surface area contributed by atoms with Crippen LogP contribution in [0.25, 0.3) is 38.9 Å². The van der Waals surface area contributed by atoms with Crippen molar-refractivity contribution in [2.45, 2.75) is 62.5 Å². The molecule has 8 rings (SSSR count). The number of likely N-dealkylation sites (tertiary alicyclic amines) is 1. The highest BCUT2D eigenvalue weighted by atomic mass is 32.2. The van der Waals surface area contributed by atoms with Crippen molar-refractivity contribution in [2.24, 2.45) is 14.1 Å². The Morgan fingerprint density at radius 1 is 0.898 bits per heavy atom. The molecular formula is C40H47N11O7S. The monoisotopic (exact) mass is 825 g/mol. The van der Waals surface area contributed by atoms with Crippen molar-refractivity contribution in [1.29, 1.82) is 0 Å². The highest BCUT2D eigenvalue weighted by Crippen LogP contribution is 2.37. The molecule has 2 aliphatic rings. The van der Waals surface area contributed by atoms with Crippen LogP contribution in [0.15, 0.2) is 70.0 Å². The average Bonchev–Trinajstić information content (AvgIpc) is 3.52. The van der Waals surface area contributed by atoms with Crippen LogP contribution in [0.4, 0.5) is 11.6 Å². The molecule has 1 aliphatic carbocycles. The number of imidazole rings is 1. The number of methoxy groups -OCH3 is 1. The van der Waals surface area contributed by atoms with E-state index < -0.39 is 16.1 Å². The molecule has 2 N–H and O–H groups in total. The van der Waals surface area contributed by atoms with Gasteiger partial charge in [0.15, 0.2) is 9.84 Å². The van der Waals surface area contributed by atoms with Gasteiger partial charge in [0.05, 0.1) is 41.5 Å². The van der Waals surface area contributed by atoms with Gasteiger partial charge >= 0.3 is 0 Å². The van der Waals surface area contributed by atoms with Gasteiger partial charge in [-0.1, -0.05) is 0 Å². The highest BCUT2D eigenvalue weighted by Gasteiger charge is 2.42. The Hall–Kier alpha value is -5.76. The smallest absolute Gasteiger partial charge is 0.264 e. The number of sulfone groups is 1. The third-order valence-electron chi connectivity index (χ3n) is 10.4. The molecule has 0 amide bonds. The maximum absolute atomic E-state index is 13.5. The maximum Gasteiger partial charge on any atom is 0.264 e. The quantitative estimate of drug-likeness (QED) is 0.143. The molecule has 0 bridgehead atoms. The first kappa shape index (κ1) is 40.0. The summed E-state index contributed by atoms with van der Waals surface area (Å²) in [5.41, 5.74) is 1.83. The van der Waals surface area contributed by atoms with Crippen LogP contribution in [0.5, 0.6) is 5.75 Å². The van der Waals surface area contributed by atoms with E-state index in [1.165, 1.54) is 28.9 Å². The Morgan fingerprint density at radius 3 is 2.27 bits per heavy atom. The van der Waals surface area contributed by atoms with E-state index in [-0.39, 0.29) is 45.3 Å². The van der Waals surface area contributed by atoms with Gasteiger partial charge in [-0.25, -0.2) is 33.3 Å². The number of pyridine rings is 2. The van der Waals surface area contributed by atoms with Crippen molar-refractivity contribution in [2.75, 3.05) is 50.2 Å². The normalized spacial score (nSPS) is 17.5. The van der Waals surface area contributed by atoms with Crippen LogP contribution in [0, 0.1) is 0 Å². The second kappa shape index (κ2) is 16.1. The first-order valence-corrected chi connectivity index (χ1v) is 21.3. The number of aryl methyl sites for hydroxylation is 2. The Labute approximate surface area is 340 Å². The molecule has 310 valence electrons. The van der Waals surface area contributed by atoms with Crippen LogP contribution in [0.3, 0.4) is 0 Å². The summed E-state index contributed by atoms with van der Waals surface area (Å²) in [6.07, 6.45) is 9.12. The minimum Gasteiger partial charge on any atom is -0.491 e. The second-order valence-electron chi connectivity index (χ2n) is 15.4. The molecule has 1 saturated heterocycles. The molecule has 3 atom stereocenters. The Balaban J connectivity index is 1.03. The number of hydrogen-bond acceptors (Lipinski definition) is 15. The minimum atomic E-state index is -3.67. The number of nitrogens with one attached hydrogen (secondary N) is 2. The van der Waals surface area contributed by atoms with E-state index >= 15 is 0 Å². The van der Waals surface area contributed by atoms with Crippen molar-refractivity contribution in [3.63, 3.8) is 0 Å². The number of benzene rings is 1. The fourth-order valence-corrected chi connectivity index (χ4v) is 8.03. The summed E-state index contributed by atoms with van der Waals surface area (Å²) >= 11 is 0. The number of fused-ring (bicyclic) bond motifs is 2. The predicted molar refractivity (Wildman–Crippen MR) is 222 cm³/mol. The predicted octanol–water partition coefficient (Wildman–Crippen LogP) is 3.44. The summed E-state index contributed by atoms with van der Waals surface area (Å²) in [5, 5.41) is 7.34. The summed E-state index contributed by atoms with van der Waals surface area (Å²) < 4.78 is 48.6. The van der Waals surface area contributed by atoms with Gasteiger partial charge in [-0.2, -0.15) is 0 Å². The van der Waals surface area contributed by atoms with Gasteiger partial charge in [0, 0.05) is 57.9 Å². The van der Waals surface area contributed by atoms with Crippen molar-refractivity contribution in [3.05, 3.63) is 81.9 Å². The van der Waals surface area contributed by atoms with Crippen LogP contribution in [-0.4, -0.2) is 110 Å². The van der Waals surface area contributed by atoms with Crippen molar-refractivity contribution in [1.82, 2.24) is 43.5 Å². The van der Waals surface area contributed by atoms with Crippen LogP contribution in [0.1, 0.15) is 45.1 Å². The zero-order chi connectivity index (χ0) is 41.6. The molecule has 19 heteroatoms. The van der Waals surface area contributed by atoms with E-state index in [4.69, 9.17) is 24.2 Å². The van der Waals surface area contributed by atoms with Gasteiger partial charge in [-0.15, -0.1) is 0 Å². The van der Waals surface area contributed by atoms with E-state index in [9.17, 15) is 18.0 Å². The molecule has 1 aromatic carbocycles. The summed E-state index contributed by atoms with van der Waals surface area (Å²) in [6.45, 7) is 7.04. The maximum atomic E-state index is 13.5. The average molecular weight is 826 g/mol. The van der Waals surface area contributed by atoms with Gasteiger partial charge in [0.2, 0.25) is 6.29 Å². The minimum absolute atomic E-state index is 0.0131. The number of aromatic nitrogens is 8. The molecule has 1 saturated carbocycles. The van der Waals surface area contributed by atoms with E-state index in [0.717, 1.165) is 38.7 Å². The van der Waals surface area contributed by atoms with Gasteiger partial charge in [-0.3, -0.25) is 19.1 Å². The van der Waals surface area contributed by atoms with Gasteiger partial charge in [0.1, 0.15) is 57.5 Å². The zero-order valence-electron chi connectivity index (χ0n) is 33.7. The number of ether oxygens (including phenoxy) is 3. The third kappa shape index (κ3) is 8.41. The van der Waals surface area contributed by atoms with Crippen LogP contribution < -0.4 is 26.5 Å². The lowest BCUT2D eigenvalue weighted by Gasteiger charge is -2.17. The SMILES string of the molecule is COC(OC1CC1Nc1nc(-c2ccc(OCCN3CCCC3)c(S(C)(=O)=O)c2)cc2ncn(C)c(=O)c12)c1cn(-c2cc3ncn(C)c(=O)c3c(NC(C)C)n2)cn1. The highest BCUT2D eigenvalue weighted by molar-refractivity contribution is 7.90. The molecule has 59 heavy (non-hydrogen) atoms. The van der Waals surface area contributed by atoms with Crippen LogP contribution >= 0.6 is 0 Å². The van der Waals surface area contributed by atoms with Gasteiger partial charge in [0.25, 0.3) is 11.1 Å². The lowest BCUT2D eigenvalue weighted by molar-refractivity contribution is -0.138. The Morgan fingerprint density at radius 2 is 1.59 bits per heavy atom. The molecule has 0 radical (unpaired) electrons. The standard InChI is InChI=1S/C40H47N11O7S/c1-23(2)44-36-35-28(42-21-49(4)39(35)53)18-33(47-36)51-19-29(43-22-51)40(56-5)58-31-17-26(31)46-37-34-27(41-20-48(3)38(34)52)16-25(45-37)24-9-10-30(32(15-24)59(6,54)55)57-14-13-50-11-7-8-12-50/h9-10,15-16,18-23,26,31,40H,7-8,11-14,17H2,1-6H3,(H,44,47)(H,45,46). The first-order chi connectivity index (χ1) is 28.3. The molecule has 2 fully saturated rings. The van der Waals surface area contributed by atoms with E-state index in [1.54, 1.807) is 61.5 Å².